The van der Waals surface area contributed by atoms with E-state index in [0.717, 1.165) is 24.0 Å². The maximum Gasteiger partial charge on any atom is 0.144 e. The lowest BCUT2D eigenvalue weighted by atomic mass is 9.86. The minimum absolute atomic E-state index is 0.117. The number of hydrogen-bond acceptors (Lipinski definition) is 1. The van der Waals surface area contributed by atoms with Crippen LogP contribution in [-0.4, -0.2) is 5.78 Å². The van der Waals surface area contributed by atoms with Crippen LogP contribution in [0.4, 0.5) is 0 Å². The maximum atomic E-state index is 12.5. The maximum absolute atomic E-state index is 12.5. The van der Waals surface area contributed by atoms with Crippen molar-refractivity contribution >= 4 is 5.78 Å². The minimum Gasteiger partial charge on any atom is -0.299 e. The van der Waals surface area contributed by atoms with Crippen LogP contribution in [-0.2, 0) is 4.79 Å². The first-order chi connectivity index (χ1) is 9.33. The zero-order valence-corrected chi connectivity index (χ0v) is 11.4. The van der Waals surface area contributed by atoms with E-state index in [0.29, 0.717) is 12.2 Å². The predicted octanol–water partition coefficient (Wildman–Crippen LogP) is 4.58. The van der Waals surface area contributed by atoms with Gasteiger partial charge in [0.05, 0.1) is 5.92 Å². The molecule has 1 heteroatoms. The molecule has 98 valence electrons. The molecule has 0 aromatic heterocycles. The molecule has 1 nitrogen and oxygen atoms in total. The first-order valence-electron chi connectivity index (χ1n) is 6.95. The van der Waals surface area contributed by atoms with Gasteiger partial charge < -0.3 is 0 Å². The number of Topliss-reactive ketones (excluding diaryl/α,β-unsaturated/α-hetero) is 1. The van der Waals surface area contributed by atoms with Crippen molar-refractivity contribution in [2.24, 2.45) is 0 Å². The van der Waals surface area contributed by atoms with Crippen LogP contribution < -0.4 is 0 Å². The van der Waals surface area contributed by atoms with Crippen LogP contribution in [0.3, 0.4) is 0 Å². The summed E-state index contributed by atoms with van der Waals surface area (Å²) in [6.07, 6.45) is 2.68. The van der Waals surface area contributed by atoms with Gasteiger partial charge in [-0.3, -0.25) is 4.79 Å². The van der Waals surface area contributed by atoms with Crippen LogP contribution in [0.5, 0.6) is 0 Å². The monoisotopic (exact) mass is 252 g/mol. The number of carbonyl (C=O) groups is 1. The first-order valence-corrected chi connectivity index (χ1v) is 6.95. The van der Waals surface area contributed by atoms with Crippen LogP contribution >= 0.6 is 0 Å². The Kier molecular flexibility index (Phi) is 4.91. The smallest absolute Gasteiger partial charge is 0.144 e. The normalized spacial score (nSPS) is 10.6. The molecule has 2 aromatic rings. The SMILES string of the molecule is CCCCC(=O)C(c1ccccc1)c1ccccc1. The van der Waals surface area contributed by atoms with E-state index in [1.165, 1.54) is 0 Å². The molecule has 0 spiro atoms. The molecule has 0 aliphatic heterocycles. The predicted molar refractivity (Wildman–Crippen MR) is 79.3 cm³/mol. The Balaban J connectivity index is 2.31. The molecule has 0 aliphatic carbocycles. The summed E-state index contributed by atoms with van der Waals surface area (Å²) in [5, 5.41) is 0. The molecule has 0 atom stereocenters. The molecule has 0 aliphatic rings. The Bertz CT molecular complexity index is 462. The quantitative estimate of drug-likeness (QED) is 0.735. The third-order valence-electron chi connectivity index (χ3n) is 3.36. The molecular formula is C18H20O. The summed E-state index contributed by atoms with van der Waals surface area (Å²) in [7, 11) is 0. The standard InChI is InChI=1S/C18H20O/c1-2-3-14-17(19)18(15-10-6-4-7-11-15)16-12-8-5-9-13-16/h4-13,18H,2-3,14H2,1H3. The molecule has 0 amide bonds. The van der Waals surface area contributed by atoms with Crippen molar-refractivity contribution in [1.82, 2.24) is 0 Å². The van der Waals surface area contributed by atoms with Crippen LogP contribution in [0.15, 0.2) is 60.7 Å². The zero-order valence-electron chi connectivity index (χ0n) is 11.4. The van der Waals surface area contributed by atoms with Crippen LogP contribution in [0.2, 0.25) is 0 Å². The summed E-state index contributed by atoms with van der Waals surface area (Å²) in [5.74, 6) is 0.202. The van der Waals surface area contributed by atoms with Crippen molar-refractivity contribution < 1.29 is 4.79 Å². The van der Waals surface area contributed by atoms with Crippen molar-refractivity contribution in [3.63, 3.8) is 0 Å². The fourth-order valence-corrected chi connectivity index (χ4v) is 2.35. The average Bonchev–Trinajstić information content (AvgIpc) is 2.47. The summed E-state index contributed by atoms with van der Waals surface area (Å²) in [5.41, 5.74) is 2.18. The number of unbranched alkanes of at least 4 members (excludes halogenated alkanes) is 1. The van der Waals surface area contributed by atoms with E-state index < -0.39 is 0 Å². The second-order valence-electron chi connectivity index (χ2n) is 4.82. The topological polar surface area (TPSA) is 17.1 Å². The molecule has 0 unspecified atom stereocenters. The van der Waals surface area contributed by atoms with E-state index in [9.17, 15) is 4.79 Å². The molecule has 0 heterocycles. The van der Waals surface area contributed by atoms with E-state index in [4.69, 9.17) is 0 Å². The van der Waals surface area contributed by atoms with Crippen molar-refractivity contribution in [2.45, 2.75) is 32.1 Å². The fourth-order valence-electron chi connectivity index (χ4n) is 2.35. The van der Waals surface area contributed by atoms with Gasteiger partial charge in [0.15, 0.2) is 0 Å². The highest BCUT2D eigenvalue weighted by Crippen LogP contribution is 2.27. The van der Waals surface area contributed by atoms with Crippen molar-refractivity contribution in [3.05, 3.63) is 71.8 Å². The zero-order chi connectivity index (χ0) is 13.5. The van der Waals surface area contributed by atoms with Gasteiger partial charge in [0.1, 0.15) is 5.78 Å². The summed E-state index contributed by atoms with van der Waals surface area (Å²) in [6.45, 7) is 2.12. The van der Waals surface area contributed by atoms with Gasteiger partial charge >= 0.3 is 0 Å². The number of carbonyl (C=O) groups excluding carboxylic acids is 1. The van der Waals surface area contributed by atoms with Crippen LogP contribution in [0.25, 0.3) is 0 Å². The molecule has 2 rings (SSSR count). The van der Waals surface area contributed by atoms with Gasteiger partial charge in [0, 0.05) is 6.42 Å². The minimum atomic E-state index is -0.117. The van der Waals surface area contributed by atoms with E-state index in [1.54, 1.807) is 0 Å². The second kappa shape index (κ2) is 6.89. The lowest BCUT2D eigenvalue weighted by molar-refractivity contribution is -0.119. The molecule has 2 aromatic carbocycles. The van der Waals surface area contributed by atoms with Crippen molar-refractivity contribution in [2.75, 3.05) is 0 Å². The summed E-state index contributed by atoms with van der Waals surface area (Å²) >= 11 is 0. The molecule has 0 fully saturated rings. The van der Waals surface area contributed by atoms with E-state index in [-0.39, 0.29) is 5.92 Å². The highest BCUT2D eigenvalue weighted by atomic mass is 16.1. The van der Waals surface area contributed by atoms with E-state index in [2.05, 4.69) is 6.92 Å². The first kappa shape index (κ1) is 13.5. The van der Waals surface area contributed by atoms with Crippen molar-refractivity contribution in [1.29, 1.82) is 0 Å². The number of ketones is 1. The van der Waals surface area contributed by atoms with Crippen LogP contribution in [0.1, 0.15) is 43.2 Å². The van der Waals surface area contributed by atoms with Crippen molar-refractivity contribution in [3.8, 4) is 0 Å². The van der Waals surface area contributed by atoms with Gasteiger partial charge in [0.25, 0.3) is 0 Å². The Labute approximate surface area is 115 Å². The molecule has 0 saturated heterocycles. The van der Waals surface area contributed by atoms with Gasteiger partial charge in [-0.25, -0.2) is 0 Å². The lowest BCUT2D eigenvalue weighted by Gasteiger charge is -2.16. The average molecular weight is 252 g/mol. The largest absolute Gasteiger partial charge is 0.299 e. The number of hydrogen-bond donors (Lipinski definition) is 0. The summed E-state index contributed by atoms with van der Waals surface area (Å²) in [4.78, 5) is 12.5. The summed E-state index contributed by atoms with van der Waals surface area (Å²) in [6, 6.07) is 20.1. The highest BCUT2D eigenvalue weighted by Gasteiger charge is 2.21. The molecule has 0 saturated carbocycles. The van der Waals surface area contributed by atoms with E-state index >= 15 is 0 Å². The van der Waals surface area contributed by atoms with E-state index in [1.807, 2.05) is 60.7 Å². The Hall–Kier alpha value is -1.89. The van der Waals surface area contributed by atoms with Gasteiger partial charge in [0.2, 0.25) is 0 Å². The Morgan fingerprint density at radius 1 is 0.895 bits per heavy atom. The Morgan fingerprint density at radius 3 is 1.79 bits per heavy atom. The fraction of sp³-hybridized carbons (Fsp3) is 0.278. The lowest BCUT2D eigenvalue weighted by Crippen LogP contribution is -2.13. The second-order valence-corrected chi connectivity index (χ2v) is 4.82. The third-order valence-corrected chi connectivity index (χ3v) is 3.36. The third kappa shape index (κ3) is 3.54. The molecule has 0 radical (unpaired) electrons. The number of rotatable bonds is 6. The molecule has 0 bridgehead atoms. The van der Waals surface area contributed by atoms with Crippen LogP contribution in [0, 0.1) is 0 Å². The van der Waals surface area contributed by atoms with Gasteiger partial charge in [-0.2, -0.15) is 0 Å². The molecule has 19 heavy (non-hydrogen) atoms. The number of benzene rings is 2. The van der Waals surface area contributed by atoms with Gasteiger partial charge in [-0.15, -0.1) is 0 Å². The van der Waals surface area contributed by atoms with Gasteiger partial charge in [-0.05, 0) is 17.5 Å². The Morgan fingerprint density at radius 2 is 1.37 bits per heavy atom. The molecular weight excluding hydrogens is 232 g/mol. The highest BCUT2D eigenvalue weighted by molar-refractivity contribution is 5.89. The van der Waals surface area contributed by atoms with Gasteiger partial charge in [-0.1, -0.05) is 74.0 Å². The summed E-state index contributed by atoms with van der Waals surface area (Å²) < 4.78 is 0. The molecule has 0 N–H and O–H groups in total.